The van der Waals surface area contributed by atoms with Gasteiger partial charge in [0.2, 0.25) is 0 Å². The molecule has 1 fully saturated rings. The molecule has 16 heavy (non-hydrogen) atoms. The number of primary amides is 1. The van der Waals surface area contributed by atoms with Crippen molar-refractivity contribution in [2.24, 2.45) is 11.7 Å². The van der Waals surface area contributed by atoms with E-state index in [9.17, 15) is 4.79 Å². The van der Waals surface area contributed by atoms with E-state index in [0.717, 1.165) is 6.54 Å². The Balaban J connectivity index is 2.31. The SMILES string of the molecule is COC(C)c1c(C(N)=O)nnn1CC1CC1. The summed E-state index contributed by atoms with van der Waals surface area (Å²) in [4.78, 5) is 11.2. The molecule has 1 aliphatic rings. The highest BCUT2D eigenvalue weighted by molar-refractivity contribution is 5.91. The van der Waals surface area contributed by atoms with Crippen molar-refractivity contribution in [2.45, 2.75) is 32.4 Å². The molecule has 6 heteroatoms. The number of amides is 1. The van der Waals surface area contributed by atoms with E-state index in [1.165, 1.54) is 12.8 Å². The second-order valence-corrected chi connectivity index (χ2v) is 4.19. The normalized spacial score (nSPS) is 17.4. The van der Waals surface area contributed by atoms with Gasteiger partial charge in [0.25, 0.3) is 5.91 Å². The molecule has 0 radical (unpaired) electrons. The number of carbonyl (C=O) groups is 1. The molecule has 0 aliphatic heterocycles. The lowest BCUT2D eigenvalue weighted by Gasteiger charge is -2.12. The van der Waals surface area contributed by atoms with E-state index in [4.69, 9.17) is 10.5 Å². The Kier molecular flexibility index (Phi) is 2.91. The number of carbonyl (C=O) groups excluding carboxylic acids is 1. The highest BCUT2D eigenvalue weighted by Gasteiger charge is 2.27. The van der Waals surface area contributed by atoms with Gasteiger partial charge in [-0.1, -0.05) is 5.21 Å². The van der Waals surface area contributed by atoms with E-state index in [0.29, 0.717) is 11.6 Å². The van der Waals surface area contributed by atoms with Crippen molar-refractivity contribution < 1.29 is 9.53 Å². The summed E-state index contributed by atoms with van der Waals surface area (Å²) in [5.74, 6) is 0.103. The van der Waals surface area contributed by atoms with Gasteiger partial charge in [0.1, 0.15) is 5.69 Å². The first kappa shape index (κ1) is 11.1. The van der Waals surface area contributed by atoms with Gasteiger partial charge in [0, 0.05) is 13.7 Å². The van der Waals surface area contributed by atoms with Crippen LogP contribution in [0.15, 0.2) is 0 Å². The number of hydrogen-bond acceptors (Lipinski definition) is 4. The zero-order chi connectivity index (χ0) is 11.7. The quantitative estimate of drug-likeness (QED) is 0.789. The van der Waals surface area contributed by atoms with Crippen molar-refractivity contribution in [3.05, 3.63) is 11.4 Å². The van der Waals surface area contributed by atoms with Crippen LogP contribution >= 0.6 is 0 Å². The summed E-state index contributed by atoms with van der Waals surface area (Å²) in [5, 5.41) is 7.80. The highest BCUT2D eigenvalue weighted by atomic mass is 16.5. The van der Waals surface area contributed by atoms with Crippen molar-refractivity contribution in [3.8, 4) is 0 Å². The fraction of sp³-hybridized carbons (Fsp3) is 0.700. The zero-order valence-electron chi connectivity index (χ0n) is 9.51. The molecular weight excluding hydrogens is 208 g/mol. The lowest BCUT2D eigenvalue weighted by Crippen LogP contribution is -2.18. The zero-order valence-corrected chi connectivity index (χ0v) is 9.51. The third-order valence-corrected chi connectivity index (χ3v) is 2.87. The Labute approximate surface area is 93.8 Å². The summed E-state index contributed by atoms with van der Waals surface area (Å²) >= 11 is 0. The van der Waals surface area contributed by atoms with E-state index in [1.54, 1.807) is 11.8 Å². The van der Waals surface area contributed by atoms with Crippen LogP contribution in [0.1, 0.15) is 42.1 Å². The number of methoxy groups -OCH3 is 1. The molecule has 1 heterocycles. The van der Waals surface area contributed by atoms with Gasteiger partial charge >= 0.3 is 0 Å². The van der Waals surface area contributed by atoms with Gasteiger partial charge in [-0.05, 0) is 25.7 Å². The van der Waals surface area contributed by atoms with Gasteiger partial charge in [0.15, 0.2) is 5.69 Å². The van der Waals surface area contributed by atoms with E-state index >= 15 is 0 Å². The molecule has 0 saturated heterocycles. The van der Waals surface area contributed by atoms with E-state index in [1.807, 2.05) is 6.92 Å². The maximum atomic E-state index is 11.2. The molecule has 0 bridgehead atoms. The Morgan fingerprint density at radius 1 is 1.69 bits per heavy atom. The lowest BCUT2D eigenvalue weighted by molar-refractivity contribution is 0.0959. The monoisotopic (exact) mass is 224 g/mol. The average molecular weight is 224 g/mol. The van der Waals surface area contributed by atoms with E-state index in [-0.39, 0.29) is 11.8 Å². The van der Waals surface area contributed by atoms with Crippen LogP contribution in [-0.4, -0.2) is 28.0 Å². The molecule has 2 rings (SSSR count). The number of nitrogens with two attached hydrogens (primary N) is 1. The van der Waals surface area contributed by atoms with Gasteiger partial charge in [-0.15, -0.1) is 5.10 Å². The lowest BCUT2D eigenvalue weighted by atomic mass is 10.2. The second-order valence-electron chi connectivity index (χ2n) is 4.19. The van der Waals surface area contributed by atoms with Crippen LogP contribution in [0.25, 0.3) is 0 Å². The third-order valence-electron chi connectivity index (χ3n) is 2.87. The van der Waals surface area contributed by atoms with Gasteiger partial charge in [-0.3, -0.25) is 4.79 Å². The van der Waals surface area contributed by atoms with Crippen LogP contribution in [0.2, 0.25) is 0 Å². The van der Waals surface area contributed by atoms with Gasteiger partial charge in [-0.25, -0.2) is 4.68 Å². The van der Waals surface area contributed by atoms with Gasteiger partial charge in [-0.2, -0.15) is 0 Å². The molecule has 2 N–H and O–H groups in total. The number of nitrogens with zero attached hydrogens (tertiary/aromatic N) is 3. The Morgan fingerprint density at radius 2 is 2.38 bits per heavy atom. The Bertz CT molecular complexity index is 398. The summed E-state index contributed by atoms with van der Waals surface area (Å²) in [6.45, 7) is 2.65. The number of aromatic nitrogens is 3. The van der Waals surface area contributed by atoms with Crippen molar-refractivity contribution in [1.29, 1.82) is 0 Å². The number of hydrogen-bond donors (Lipinski definition) is 1. The molecule has 1 amide bonds. The third kappa shape index (κ3) is 2.06. The second kappa shape index (κ2) is 4.21. The minimum absolute atomic E-state index is 0.218. The largest absolute Gasteiger partial charge is 0.375 e. The highest BCUT2D eigenvalue weighted by Crippen LogP contribution is 2.31. The van der Waals surface area contributed by atoms with Crippen LogP contribution in [0, 0.1) is 5.92 Å². The van der Waals surface area contributed by atoms with Crippen molar-refractivity contribution in [2.75, 3.05) is 7.11 Å². The van der Waals surface area contributed by atoms with E-state index in [2.05, 4.69) is 10.3 Å². The molecular formula is C10H16N4O2. The van der Waals surface area contributed by atoms with Crippen molar-refractivity contribution >= 4 is 5.91 Å². The maximum absolute atomic E-state index is 11.2. The molecule has 1 saturated carbocycles. The molecule has 1 aliphatic carbocycles. The first-order valence-corrected chi connectivity index (χ1v) is 5.39. The minimum Gasteiger partial charge on any atom is -0.375 e. The molecule has 0 aromatic carbocycles. The Morgan fingerprint density at radius 3 is 2.88 bits per heavy atom. The molecule has 6 nitrogen and oxygen atoms in total. The predicted molar refractivity (Wildman–Crippen MR) is 56.7 cm³/mol. The molecule has 1 aromatic rings. The summed E-state index contributed by atoms with van der Waals surface area (Å²) in [5.41, 5.74) is 6.16. The Hall–Kier alpha value is -1.43. The fourth-order valence-electron chi connectivity index (χ4n) is 1.69. The first-order valence-electron chi connectivity index (χ1n) is 5.39. The van der Waals surface area contributed by atoms with Crippen molar-refractivity contribution in [1.82, 2.24) is 15.0 Å². The summed E-state index contributed by atoms with van der Waals surface area (Å²) in [6.07, 6.45) is 2.20. The predicted octanol–water partition coefficient (Wildman–Crippen LogP) is 0.494. The minimum atomic E-state index is -0.555. The standard InChI is InChI=1S/C10H16N4O2/c1-6(16-2)9-8(10(11)15)12-13-14(9)5-7-3-4-7/h6-7H,3-5H2,1-2H3,(H2,11,15). The molecule has 1 aromatic heterocycles. The topological polar surface area (TPSA) is 83.0 Å². The average Bonchev–Trinajstić information content (AvgIpc) is 2.95. The summed E-state index contributed by atoms with van der Waals surface area (Å²) in [6, 6.07) is 0. The van der Waals surface area contributed by atoms with Crippen LogP contribution in [0.4, 0.5) is 0 Å². The van der Waals surface area contributed by atoms with E-state index < -0.39 is 5.91 Å². The van der Waals surface area contributed by atoms with Crippen LogP contribution in [-0.2, 0) is 11.3 Å². The molecule has 88 valence electrons. The number of ether oxygens (including phenoxy) is 1. The summed E-state index contributed by atoms with van der Waals surface area (Å²) in [7, 11) is 1.59. The molecule has 0 spiro atoms. The van der Waals surface area contributed by atoms with Crippen LogP contribution < -0.4 is 5.73 Å². The molecule has 1 atom stereocenters. The van der Waals surface area contributed by atoms with Crippen molar-refractivity contribution in [3.63, 3.8) is 0 Å². The van der Waals surface area contributed by atoms with Gasteiger partial charge < -0.3 is 10.5 Å². The van der Waals surface area contributed by atoms with Crippen LogP contribution in [0.5, 0.6) is 0 Å². The van der Waals surface area contributed by atoms with Crippen LogP contribution in [0.3, 0.4) is 0 Å². The fourth-order valence-corrected chi connectivity index (χ4v) is 1.69. The smallest absolute Gasteiger partial charge is 0.271 e. The van der Waals surface area contributed by atoms with Gasteiger partial charge in [0.05, 0.1) is 6.10 Å². The maximum Gasteiger partial charge on any atom is 0.271 e. The summed E-state index contributed by atoms with van der Waals surface area (Å²) < 4.78 is 6.96. The first-order chi connectivity index (χ1) is 7.63. The number of rotatable bonds is 5. The molecule has 1 unspecified atom stereocenters.